The van der Waals surface area contributed by atoms with Crippen LogP contribution in [-0.4, -0.2) is 41.7 Å². The van der Waals surface area contributed by atoms with E-state index in [1.807, 2.05) is 11.2 Å². The highest BCUT2D eigenvalue weighted by Gasteiger charge is 2.19. The van der Waals surface area contributed by atoms with E-state index in [1.165, 1.54) is 24.3 Å². The molecule has 0 amide bonds. The standard InChI is InChI=1S/C12H13FN2OS.BrH/c1-17-12-14-6-7-15(12)8-11(16)9-2-4-10(13)5-3-9;/h2-5H,6-8H2,1H3;1H/p-1. The number of carbonyl (C=O) groups excluding carboxylic acids is 1. The second-order valence-corrected chi connectivity index (χ2v) is 4.49. The van der Waals surface area contributed by atoms with Crippen LogP contribution in [0.1, 0.15) is 10.4 Å². The summed E-state index contributed by atoms with van der Waals surface area (Å²) < 4.78 is 12.7. The molecular formula is C12H13BrFN2OS-. The summed E-state index contributed by atoms with van der Waals surface area (Å²) in [6.45, 7) is 1.83. The van der Waals surface area contributed by atoms with Crippen LogP contribution in [-0.2, 0) is 0 Å². The molecule has 0 saturated heterocycles. The fourth-order valence-corrected chi connectivity index (χ4v) is 2.34. The van der Waals surface area contributed by atoms with Gasteiger partial charge in [-0.3, -0.25) is 9.79 Å². The molecule has 1 aliphatic rings. The van der Waals surface area contributed by atoms with Crippen molar-refractivity contribution in [2.75, 3.05) is 25.9 Å². The van der Waals surface area contributed by atoms with E-state index >= 15 is 0 Å². The zero-order chi connectivity index (χ0) is 12.3. The molecule has 0 unspecified atom stereocenters. The molecule has 1 aliphatic heterocycles. The van der Waals surface area contributed by atoms with Crippen molar-refractivity contribution >= 4 is 22.7 Å². The van der Waals surface area contributed by atoms with Gasteiger partial charge in [0.1, 0.15) is 5.82 Å². The van der Waals surface area contributed by atoms with E-state index in [9.17, 15) is 9.18 Å². The lowest BCUT2D eigenvalue weighted by Crippen LogP contribution is -3.00. The van der Waals surface area contributed by atoms with Gasteiger partial charge in [-0.1, -0.05) is 11.8 Å². The Bertz CT molecular complexity index is 450. The highest BCUT2D eigenvalue weighted by molar-refractivity contribution is 8.13. The lowest BCUT2D eigenvalue weighted by molar-refractivity contribution is -0.0000119. The number of halogens is 2. The Labute approximate surface area is 120 Å². The fourth-order valence-electron chi connectivity index (χ4n) is 1.70. The highest BCUT2D eigenvalue weighted by Crippen LogP contribution is 2.12. The second-order valence-electron chi connectivity index (χ2n) is 3.72. The highest BCUT2D eigenvalue weighted by atomic mass is 79.9. The summed E-state index contributed by atoms with van der Waals surface area (Å²) >= 11 is 1.54. The summed E-state index contributed by atoms with van der Waals surface area (Å²) in [5.41, 5.74) is 0.541. The van der Waals surface area contributed by atoms with Gasteiger partial charge in [-0.2, -0.15) is 0 Å². The van der Waals surface area contributed by atoms with E-state index in [0.29, 0.717) is 12.1 Å². The maximum absolute atomic E-state index is 12.7. The van der Waals surface area contributed by atoms with Gasteiger partial charge >= 0.3 is 0 Å². The van der Waals surface area contributed by atoms with E-state index in [1.54, 1.807) is 11.8 Å². The number of amidine groups is 1. The molecular weight excluding hydrogens is 319 g/mol. The molecule has 1 heterocycles. The molecule has 0 fully saturated rings. The molecule has 2 rings (SSSR count). The van der Waals surface area contributed by atoms with Crippen LogP contribution >= 0.6 is 11.8 Å². The Balaban J connectivity index is 0.00000162. The van der Waals surface area contributed by atoms with Crippen LogP contribution in [0.3, 0.4) is 0 Å². The van der Waals surface area contributed by atoms with Gasteiger partial charge in [0.05, 0.1) is 13.1 Å². The minimum Gasteiger partial charge on any atom is -1.00 e. The lowest BCUT2D eigenvalue weighted by atomic mass is 10.1. The van der Waals surface area contributed by atoms with Crippen LogP contribution in [0.2, 0.25) is 0 Å². The number of carbonyl (C=O) groups is 1. The van der Waals surface area contributed by atoms with Gasteiger partial charge in [0, 0.05) is 12.1 Å². The van der Waals surface area contributed by atoms with E-state index in [0.717, 1.165) is 18.3 Å². The molecule has 0 atom stereocenters. The Hall–Kier alpha value is -0.880. The maximum atomic E-state index is 12.7. The quantitative estimate of drug-likeness (QED) is 0.669. The topological polar surface area (TPSA) is 32.7 Å². The molecule has 3 nitrogen and oxygen atoms in total. The second kappa shape index (κ2) is 6.89. The van der Waals surface area contributed by atoms with Gasteiger partial charge in [0.15, 0.2) is 11.0 Å². The molecule has 0 radical (unpaired) electrons. The summed E-state index contributed by atoms with van der Waals surface area (Å²) in [7, 11) is 0. The third-order valence-corrected chi connectivity index (χ3v) is 3.32. The van der Waals surface area contributed by atoms with Gasteiger partial charge in [-0.25, -0.2) is 4.39 Å². The Morgan fingerprint density at radius 3 is 2.72 bits per heavy atom. The molecule has 0 bridgehead atoms. The van der Waals surface area contributed by atoms with Gasteiger partial charge < -0.3 is 21.9 Å². The molecule has 6 heteroatoms. The van der Waals surface area contributed by atoms with Crippen molar-refractivity contribution in [1.29, 1.82) is 0 Å². The predicted molar refractivity (Wildman–Crippen MR) is 68.1 cm³/mol. The first kappa shape index (κ1) is 15.2. The molecule has 0 aromatic heterocycles. The summed E-state index contributed by atoms with van der Waals surface area (Å²) in [6.07, 6.45) is 1.94. The third-order valence-electron chi connectivity index (χ3n) is 2.57. The minimum atomic E-state index is -0.325. The summed E-state index contributed by atoms with van der Waals surface area (Å²) in [5.74, 6) is -0.331. The number of benzene rings is 1. The first-order valence-corrected chi connectivity index (χ1v) is 6.55. The van der Waals surface area contributed by atoms with Gasteiger partial charge in [0.25, 0.3) is 0 Å². The zero-order valence-corrected chi connectivity index (χ0v) is 12.3. The smallest absolute Gasteiger partial charge is 0.182 e. The fraction of sp³-hybridized carbons (Fsp3) is 0.333. The first-order chi connectivity index (χ1) is 8.20. The van der Waals surface area contributed by atoms with E-state index < -0.39 is 0 Å². The Kier molecular flexibility index (Phi) is 5.81. The Morgan fingerprint density at radius 2 is 2.11 bits per heavy atom. The third kappa shape index (κ3) is 3.55. The van der Waals surface area contributed by atoms with E-state index in [2.05, 4.69) is 4.99 Å². The molecule has 0 saturated carbocycles. The molecule has 0 N–H and O–H groups in total. The molecule has 1 aromatic carbocycles. The first-order valence-electron chi connectivity index (χ1n) is 5.33. The van der Waals surface area contributed by atoms with Gasteiger partial charge in [0.2, 0.25) is 0 Å². The predicted octanol–water partition coefficient (Wildman–Crippen LogP) is -0.953. The molecule has 1 aromatic rings. The van der Waals surface area contributed by atoms with Crippen LogP contribution in [0.15, 0.2) is 29.3 Å². The van der Waals surface area contributed by atoms with Crippen molar-refractivity contribution in [2.24, 2.45) is 4.99 Å². The number of hydrogen-bond acceptors (Lipinski definition) is 4. The number of thioether (sulfide) groups is 1. The van der Waals surface area contributed by atoms with E-state index in [-0.39, 0.29) is 28.6 Å². The van der Waals surface area contributed by atoms with Crippen molar-refractivity contribution in [1.82, 2.24) is 4.90 Å². The summed E-state index contributed by atoms with van der Waals surface area (Å²) in [5, 5.41) is 0.903. The molecule has 0 aliphatic carbocycles. The normalized spacial score (nSPS) is 14.1. The number of hydrogen-bond donors (Lipinski definition) is 0. The average Bonchev–Trinajstić information content (AvgIpc) is 2.77. The summed E-state index contributed by atoms with van der Waals surface area (Å²) in [6, 6.07) is 5.65. The van der Waals surface area contributed by atoms with Crippen molar-refractivity contribution in [3.8, 4) is 0 Å². The van der Waals surface area contributed by atoms with Crippen LogP contribution in [0, 0.1) is 5.82 Å². The minimum absolute atomic E-state index is 0. The monoisotopic (exact) mass is 331 g/mol. The number of rotatable bonds is 3. The van der Waals surface area contributed by atoms with Crippen LogP contribution in [0.25, 0.3) is 0 Å². The molecule has 18 heavy (non-hydrogen) atoms. The van der Waals surface area contributed by atoms with Crippen LogP contribution < -0.4 is 17.0 Å². The van der Waals surface area contributed by atoms with Crippen molar-refractivity contribution in [3.05, 3.63) is 35.6 Å². The number of nitrogens with zero attached hydrogens (tertiary/aromatic N) is 2. The van der Waals surface area contributed by atoms with Gasteiger partial charge in [-0.15, -0.1) is 0 Å². The largest absolute Gasteiger partial charge is 1.00 e. The lowest BCUT2D eigenvalue weighted by Gasteiger charge is -2.17. The van der Waals surface area contributed by atoms with Crippen LogP contribution in [0.4, 0.5) is 4.39 Å². The van der Waals surface area contributed by atoms with Crippen molar-refractivity contribution < 1.29 is 26.2 Å². The average molecular weight is 332 g/mol. The van der Waals surface area contributed by atoms with E-state index in [4.69, 9.17) is 0 Å². The maximum Gasteiger partial charge on any atom is 0.182 e. The SMILES string of the molecule is CSC1=NCCN1CC(=O)c1ccc(F)cc1.[Br-]. The molecule has 98 valence electrons. The zero-order valence-electron chi connectivity index (χ0n) is 9.90. The molecule has 0 spiro atoms. The van der Waals surface area contributed by atoms with Crippen molar-refractivity contribution in [3.63, 3.8) is 0 Å². The number of ketones is 1. The summed E-state index contributed by atoms with van der Waals surface area (Å²) in [4.78, 5) is 18.2. The Morgan fingerprint density at radius 1 is 1.44 bits per heavy atom. The number of Topliss-reactive ketones (excluding diaryl/α,β-unsaturated/α-hetero) is 1. The van der Waals surface area contributed by atoms with Crippen LogP contribution in [0.5, 0.6) is 0 Å². The number of aliphatic imine (C=N–C) groups is 1. The van der Waals surface area contributed by atoms with Gasteiger partial charge in [-0.05, 0) is 30.5 Å². The van der Waals surface area contributed by atoms with Crippen molar-refractivity contribution in [2.45, 2.75) is 0 Å².